The molecule has 2 aliphatic rings. The van der Waals surface area contributed by atoms with E-state index in [0.717, 1.165) is 12.8 Å². The first-order valence-electron chi connectivity index (χ1n) is 8.78. The second-order valence-corrected chi connectivity index (χ2v) is 7.05. The summed E-state index contributed by atoms with van der Waals surface area (Å²) in [6.07, 6.45) is 8.12. The number of carboxylic acid groups (broad SMARTS) is 1. The molecular weight excluding hydrogens is 296 g/mol. The summed E-state index contributed by atoms with van der Waals surface area (Å²) in [7, 11) is 0. The second-order valence-electron chi connectivity index (χ2n) is 7.05. The number of hydrogen-bond acceptors (Lipinski definition) is 3. The summed E-state index contributed by atoms with van der Waals surface area (Å²) < 4.78 is 0. The van der Waals surface area contributed by atoms with Gasteiger partial charge in [0, 0.05) is 12.5 Å². The van der Waals surface area contributed by atoms with E-state index in [1.807, 2.05) is 0 Å². The van der Waals surface area contributed by atoms with Crippen LogP contribution in [0.15, 0.2) is 0 Å². The molecule has 0 spiro atoms. The molecule has 2 fully saturated rings. The third-order valence-electron chi connectivity index (χ3n) is 5.10. The Bertz CT molecular complexity index is 446. The minimum Gasteiger partial charge on any atom is -0.481 e. The largest absolute Gasteiger partial charge is 0.481 e. The van der Waals surface area contributed by atoms with Gasteiger partial charge in [-0.15, -0.1) is 0 Å². The van der Waals surface area contributed by atoms with Crippen LogP contribution in [0.4, 0.5) is 0 Å². The Morgan fingerprint density at radius 3 is 2.39 bits per heavy atom. The van der Waals surface area contributed by atoms with Crippen LogP contribution in [-0.2, 0) is 14.4 Å². The third kappa shape index (κ3) is 5.52. The van der Waals surface area contributed by atoms with E-state index in [0.29, 0.717) is 31.6 Å². The van der Waals surface area contributed by atoms with E-state index in [1.165, 1.54) is 19.3 Å². The predicted octanol–water partition coefficient (Wildman–Crippen LogP) is 1.83. The van der Waals surface area contributed by atoms with Crippen molar-refractivity contribution in [3.8, 4) is 0 Å². The number of aliphatic carboxylic acids is 1. The molecule has 0 bridgehead atoms. The average molecular weight is 324 g/mol. The predicted molar refractivity (Wildman–Crippen MR) is 85.7 cm³/mol. The second kappa shape index (κ2) is 8.31. The molecule has 3 atom stereocenters. The molecule has 2 aliphatic carbocycles. The van der Waals surface area contributed by atoms with Crippen molar-refractivity contribution >= 4 is 17.8 Å². The zero-order chi connectivity index (χ0) is 16.8. The number of rotatable bonds is 6. The molecule has 130 valence electrons. The summed E-state index contributed by atoms with van der Waals surface area (Å²) in [4.78, 5) is 35.1. The normalized spacial score (nSPS) is 26.5. The van der Waals surface area contributed by atoms with Crippen molar-refractivity contribution in [2.45, 2.75) is 76.8 Å². The topological polar surface area (TPSA) is 95.5 Å². The molecule has 0 radical (unpaired) electrons. The minimum absolute atomic E-state index is 0.0608. The van der Waals surface area contributed by atoms with Gasteiger partial charge in [-0.25, -0.2) is 0 Å². The molecule has 0 saturated heterocycles. The molecule has 3 N–H and O–H groups in total. The Kier molecular flexibility index (Phi) is 6.42. The average Bonchev–Trinajstić information content (AvgIpc) is 2.96. The summed E-state index contributed by atoms with van der Waals surface area (Å²) in [6, 6.07) is -0.670. The minimum atomic E-state index is -0.796. The van der Waals surface area contributed by atoms with Gasteiger partial charge in [0.1, 0.15) is 6.04 Å². The molecule has 0 heterocycles. The molecule has 0 aliphatic heterocycles. The van der Waals surface area contributed by atoms with Gasteiger partial charge in [0.15, 0.2) is 0 Å². The number of carbonyl (C=O) groups is 3. The van der Waals surface area contributed by atoms with Crippen molar-refractivity contribution in [3.63, 3.8) is 0 Å². The monoisotopic (exact) mass is 324 g/mol. The highest BCUT2D eigenvalue weighted by Gasteiger charge is 2.31. The van der Waals surface area contributed by atoms with Crippen molar-refractivity contribution in [2.75, 3.05) is 0 Å². The van der Waals surface area contributed by atoms with Gasteiger partial charge in [-0.1, -0.05) is 19.3 Å². The molecule has 0 aromatic rings. The first-order chi connectivity index (χ1) is 11.0. The van der Waals surface area contributed by atoms with Gasteiger partial charge in [0.2, 0.25) is 11.8 Å². The lowest BCUT2D eigenvalue weighted by Gasteiger charge is -2.22. The van der Waals surface area contributed by atoms with E-state index >= 15 is 0 Å². The molecule has 6 nitrogen and oxygen atoms in total. The maximum absolute atomic E-state index is 12.1. The van der Waals surface area contributed by atoms with Crippen molar-refractivity contribution in [3.05, 3.63) is 0 Å². The van der Waals surface area contributed by atoms with E-state index < -0.39 is 12.0 Å². The van der Waals surface area contributed by atoms with Crippen LogP contribution in [0.25, 0.3) is 0 Å². The first-order valence-corrected chi connectivity index (χ1v) is 8.78. The Hall–Kier alpha value is -1.59. The molecule has 6 heteroatoms. The van der Waals surface area contributed by atoms with Crippen LogP contribution in [0.1, 0.15) is 64.7 Å². The van der Waals surface area contributed by atoms with E-state index in [9.17, 15) is 14.4 Å². The van der Waals surface area contributed by atoms with Crippen LogP contribution in [0, 0.1) is 11.8 Å². The van der Waals surface area contributed by atoms with E-state index in [1.54, 1.807) is 6.92 Å². The fourth-order valence-electron chi connectivity index (χ4n) is 3.68. The standard InChI is InChI=1S/C17H28N2O4/c1-11(18-15(20)9-12-5-3-2-4-6-12)16(21)19-14-8-7-13(10-14)17(22)23/h11-14H,2-10H2,1H3,(H,18,20)(H,19,21)(H,22,23)/t11?,13-,14+/m0/s1. The fourth-order valence-corrected chi connectivity index (χ4v) is 3.68. The molecule has 0 aromatic carbocycles. The van der Waals surface area contributed by atoms with Gasteiger partial charge in [-0.3, -0.25) is 14.4 Å². The Morgan fingerprint density at radius 2 is 1.78 bits per heavy atom. The van der Waals surface area contributed by atoms with Crippen LogP contribution in [0.3, 0.4) is 0 Å². The Morgan fingerprint density at radius 1 is 1.09 bits per heavy atom. The van der Waals surface area contributed by atoms with Gasteiger partial charge in [-0.2, -0.15) is 0 Å². The van der Waals surface area contributed by atoms with Crippen molar-refractivity contribution in [2.24, 2.45) is 11.8 Å². The van der Waals surface area contributed by atoms with Crippen LogP contribution in [0.5, 0.6) is 0 Å². The van der Waals surface area contributed by atoms with Crippen LogP contribution in [-0.4, -0.2) is 35.0 Å². The number of amides is 2. The summed E-state index contributed by atoms with van der Waals surface area (Å²) in [5.41, 5.74) is 0. The van der Waals surface area contributed by atoms with Crippen molar-refractivity contribution in [1.82, 2.24) is 10.6 Å². The summed E-state index contributed by atoms with van der Waals surface area (Å²) in [5, 5.41) is 14.6. The van der Waals surface area contributed by atoms with E-state index in [2.05, 4.69) is 10.6 Å². The number of carboxylic acids is 1. The Balaban J connectivity index is 1.70. The lowest BCUT2D eigenvalue weighted by atomic mass is 9.87. The van der Waals surface area contributed by atoms with Crippen LogP contribution in [0.2, 0.25) is 0 Å². The van der Waals surface area contributed by atoms with Crippen molar-refractivity contribution in [1.29, 1.82) is 0 Å². The maximum Gasteiger partial charge on any atom is 0.306 e. The fraction of sp³-hybridized carbons (Fsp3) is 0.824. The Labute approximate surface area is 137 Å². The molecular formula is C17H28N2O4. The molecule has 1 unspecified atom stereocenters. The van der Waals surface area contributed by atoms with Gasteiger partial charge >= 0.3 is 5.97 Å². The van der Waals surface area contributed by atoms with Crippen molar-refractivity contribution < 1.29 is 19.5 Å². The molecule has 2 amide bonds. The highest BCUT2D eigenvalue weighted by Crippen LogP contribution is 2.26. The number of nitrogens with one attached hydrogen (secondary N) is 2. The van der Waals surface area contributed by atoms with Crippen LogP contribution < -0.4 is 10.6 Å². The third-order valence-corrected chi connectivity index (χ3v) is 5.10. The summed E-state index contributed by atoms with van der Waals surface area (Å²) in [5.74, 6) is -0.996. The zero-order valence-electron chi connectivity index (χ0n) is 13.8. The zero-order valence-corrected chi connectivity index (χ0v) is 13.8. The number of hydrogen-bond donors (Lipinski definition) is 3. The maximum atomic E-state index is 12.1. The van der Waals surface area contributed by atoms with Crippen LogP contribution >= 0.6 is 0 Å². The highest BCUT2D eigenvalue weighted by molar-refractivity contribution is 5.87. The molecule has 2 saturated carbocycles. The highest BCUT2D eigenvalue weighted by atomic mass is 16.4. The van der Waals surface area contributed by atoms with E-state index in [4.69, 9.17) is 5.11 Å². The summed E-state index contributed by atoms with van der Waals surface area (Å²) >= 11 is 0. The van der Waals surface area contributed by atoms with Gasteiger partial charge in [0.25, 0.3) is 0 Å². The number of carbonyl (C=O) groups excluding carboxylic acids is 2. The first kappa shape index (κ1) is 17.8. The quantitative estimate of drug-likeness (QED) is 0.694. The van der Waals surface area contributed by atoms with Gasteiger partial charge in [-0.05, 0) is 44.9 Å². The molecule has 0 aromatic heterocycles. The molecule has 23 heavy (non-hydrogen) atoms. The van der Waals surface area contributed by atoms with Gasteiger partial charge in [0.05, 0.1) is 5.92 Å². The SMILES string of the molecule is CC(NC(=O)CC1CCCCC1)C(=O)N[C@@H]1CC[C@H](C(=O)O)C1. The molecule has 2 rings (SSSR count). The summed E-state index contributed by atoms with van der Waals surface area (Å²) in [6.45, 7) is 1.68. The lowest BCUT2D eigenvalue weighted by Crippen LogP contribution is -2.47. The smallest absolute Gasteiger partial charge is 0.306 e. The van der Waals surface area contributed by atoms with Gasteiger partial charge < -0.3 is 15.7 Å². The lowest BCUT2D eigenvalue weighted by molar-refractivity contribution is -0.141. The van der Waals surface area contributed by atoms with E-state index in [-0.39, 0.29) is 23.8 Å².